The highest BCUT2D eigenvalue weighted by Gasteiger charge is 1.43. The maximum atomic E-state index is 3.37. The zero-order valence-corrected chi connectivity index (χ0v) is 11.6. The number of allylic oxidation sites excluding steroid dienone is 2. The van der Waals surface area contributed by atoms with Gasteiger partial charge in [0.2, 0.25) is 0 Å². The van der Waals surface area contributed by atoms with Gasteiger partial charge in [-0.1, -0.05) is 80.0 Å². The van der Waals surface area contributed by atoms with E-state index < -0.39 is 0 Å². The van der Waals surface area contributed by atoms with Gasteiger partial charge in [0.1, 0.15) is 0 Å². The Hall–Kier alpha value is -1.24. The van der Waals surface area contributed by atoms with Crippen LogP contribution in [0.3, 0.4) is 0 Å². The maximum absolute atomic E-state index is 3.37. The van der Waals surface area contributed by atoms with Gasteiger partial charge in [-0.05, 0) is 12.4 Å². The fourth-order valence-electron chi connectivity index (χ4n) is 0.0833. The highest BCUT2D eigenvalue weighted by molar-refractivity contribution is 4.88. The summed E-state index contributed by atoms with van der Waals surface area (Å²) in [5.41, 5.74) is 0. The van der Waals surface area contributed by atoms with Crippen LogP contribution in [0.5, 0.6) is 0 Å². The molecule has 0 bridgehead atoms. The summed E-state index contributed by atoms with van der Waals surface area (Å²) in [5, 5.41) is 2.64. The molecule has 0 aromatic rings. The van der Waals surface area contributed by atoms with E-state index in [0.717, 1.165) is 0 Å². The molecule has 0 radical (unpaired) electrons. The Bertz CT molecular complexity index is 81.5. The molecule has 0 unspecified atom stereocenters. The minimum absolute atomic E-state index is 1.56. The molecule has 0 aliphatic heterocycles. The van der Waals surface area contributed by atoms with E-state index in [4.69, 9.17) is 0 Å². The molecule has 0 aliphatic rings. The molecular formula is C14H31N. The summed E-state index contributed by atoms with van der Waals surface area (Å²) in [6, 6.07) is 0. The molecule has 0 amide bonds. The topological polar surface area (TPSA) is 12.0 Å². The highest BCUT2D eigenvalue weighted by Crippen LogP contribution is 1.52. The van der Waals surface area contributed by atoms with E-state index in [1.54, 1.807) is 24.6 Å². The van der Waals surface area contributed by atoms with Crippen LogP contribution >= 0.6 is 0 Å². The lowest BCUT2D eigenvalue weighted by atomic mass is 10.6. The van der Waals surface area contributed by atoms with Gasteiger partial charge < -0.3 is 5.32 Å². The molecule has 0 heterocycles. The Morgan fingerprint density at radius 2 is 0.800 bits per heavy atom. The van der Waals surface area contributed by atoms with Gasteiger partial charge >= 0.3 is 0 Å². The van der Waals surface area contributed by atoms with Crippen LogP contribution in [-0.2, 0) is 0 Å². The Labute approximate surface area is 98.3 Å². The van der Waals surface area contributed by atoms with Crippen molar-refractivity contribution in [3.05, 3.63) is 50.9 Å². The molecular weight excluding hydrogens is 182 g/mol. The van der Waals surface area contributed by atoms with Crippen LogP contribution < -0.4 is 5.32 Å². The van der Waals surface area contributed by atoms with Crippen molar-refractivity contribution in [3.8, 4) is 0 Å². The van der Waals surface area contributed by atoms with Gasteiger partial charge in [-0.3, -0.25) is 0 Å². The zero-order chi connectivity index (χ0) is 13.5. The molecule has 1 N–H and O–H groups in total. The third-order valence-electron chi connectivity index (χ3n) is 0.402. The van der Waals surface area contributed by atoms with E-state index in [1.165, 1.54) is 0 Å². The molecule has 0 aliphatic carbocycles. The van der Waals surface area contributed by atoms with Crippen molar-refractivity contribution in [3.63, 3.8) is 0 Å². The Morgan fingerprint density at radius 3 is 0.800 bits per heavy atom. The van der Waals surface area contributed by atoms with Crippen molar-refractivity contribution in [2.24, 2.45) is 0 Å². The van der Waals surface area contributed by atoms with E-state index in [9.17, 15) is 0 Å². The molecule has 0 aromatic heterocycles. The summed E-state index contributed by atoms with van der Waals surface area (Å²) >= 11 is 0. The predicted molar refractivity (Wildman–Crippen MR) is 78.0 cm³/mol. The van der Waals surface area contributed by atoms with E-state index in [-0.39, 0.29) is 0 Å². The molecule has 0 saturated carbocycles. The summed E-state index contributed by atoms with van der Waals surface area (Å²) < 4.78 is 0. The monoisotopic (exact) mass is 213 g/mol. The lowest BCUT2D eigenvalue weighted by molar-refractivity contribution is 1.21. The molecule has 92 valence electrons. The summed E-state index contributed by atoms with van der Waals surface area (Å²) in [7, 11) is 0. The average molecular weight is 213 g/mol. The molecule has 0 spiro atoms. The minimum atomic E-state index is 1.56. The van der Waals surface area contributed by atoms with Crippen molar-refractivity contribution < 1.29 is 0 Å². The molecule has 1 heteroatoms. The van der Waals surface area contributed by atoms with Crippen molar-refractivity contribution >= 4 is 0 Å². The highest BCUT2D eigenvalue weighted by atomic mass is 14.8. The van der Waals surface area contributed by atoms with Crippen molar-refractivity contribution in [2.45, 2.75) is 41.5 Å². The Kier molecular flexibility index (Phi) is 243. The second kappa shape index (κ2) is 125. The number of hydrogen-bond donors (Lipinski definition) is 1. The number of hydrogen-bond acceptors (Lipinski definition) is 1. The van der Waals surface area contributed by atoms with Crippen molar-refractivity contribution in [2.75, 3.05) is 0 Å². The molecule has 1 nitrogen and oxygen atoms in total. The largest absolute Gasteiger partial charge is 0.369 e. The second-order valence-electron chi connectivity index (χ2n) is 1.05. The van der Waals surface area contributed by atoms with Crippen LogP contribution in [0.1, 0.15) is 41.5 Å². The van der Waals surface area contributed by atoms with Crippen LogP contribution in [0.15, 0.2) is 50.9 Å². The third-order valence-corrected chi connectivity index (χ3v) is 0.402. The smallest absolute Gasteiger partial charge is 0.00679 e. The maximum Gasteiger partial charge on any atom is -0.00679 e. The van der Waals surface area contributed by atoms with E-state index in [2.05, 4.69) is 31.6 Å². The summed E-state index contributed by atoms with van der Waals surface area (Å²) in [5.74, 6) is 0. The van der Waals surface area contributed by atoms with Crippen LogP contribution in [-0.4, -0.2) is 0 Å². The van der Waals surface area contributed by atoms with Gasteiger partial charge in [0.25, 0.3) is 0 Å². The van der Waals surface area contributed by atoms with Crippen LogP contribution in [0, 0.1) is 0 Å². The van der Waals surface area contributed by atoms with Gasteiger partial charge in [-0.15, -0.1) is 0 Å². The SMILES string of the molecule is C=CC=C.C=CNC=C.CC.CC.CC. The van der Waals surface area contributed by atoms with Crippen LogP contribution in [0.4, 0.5) is 0 Å². The first-order valence-corrected chi connectivity index (χ1v) is 5.54. The lowest BCUT2D eigenvalue weighted by Gasteiger charge is -1.75. The van der Waals surface area contributed by atoms with Crippen molar-refractivity contribution in [1.29, 1.82) is 0 Å². The molecule has 0 fully saturated rings. The lowest BCUT2D eigenvalue weighted by Crippen LogP contribution is -1.85. The molecule has 0 saturated heterocycles. The first-order chi connectivity index (χ1) is 7.33. The second-order valence-corrected chi connectivity index (χ2v) is 1.05. The quantitative estimate of drug-likeness (QED) is 0.627. The molecule has 0 atom stereocenters. The van der Waals surface area contributed by atoms with Crippen LogP contribution in [0.25, 0.3) is 0 Å². The number of nitrogens with one attached hydrogen (secondary N) is 1. The van der Waals surface area contributed by atoms with Gasteiger partial charge in [0.05, 0.1) is 0 Å². The van der Waals surface area contributed by atoms with Gasteiger partial charge in [0, 0.05) is 0 Å². The van der Waals surface area contributed by atoms with E-state index in [0.29, 0.717) is 0 Å². The normalized spacial score (nSPS) is 4.40. The standard InChI is InChI=1S/C4H7N.C4H6.3C2H6/c1-3-5-4-2;1-3-4-2;3*1-2/h3-5H,1-2H2;3-4H,1-2H2;3*1-2H3. The summed E-state index contributed by atoms with van der Waals surface area (Å²) in [6.07, 6.45) is 6.40. The molecule has 15 heavy (non-hydrogen) atoms. The third kappa shape index (κ3) is 477. The van der Waals surface area contributed by atoms with Crippen LogP contribution in [0.2, 0.25) is 0 Å². The van der Waals surface area contributed by atoms with Gasteiger partial charge in [-0.25, -0.2) is 0 Å². The zero-order valence-electron chi connectivity index (χ0n) is 11.6. The molecule has 0 aromatic carbocycles. The fraction of sp³-hybridized carbons (Fsp3) is 0.429. The fourth-order valence-corrected chi connectivity index (χ4v) is 0.0833. The first-order valence-electron chi connectivity index (χ1n) is 5.54. The Balaban J connectivity index is -0.0000000301. The minimum Gasteiger partial charge on any atom is -0.369 e. The Morgan fingerprint density at radius 1 is 0.600 bits per heavy atom. The van der Waals surface area contributed by atoms with Gasteiger partial charge in [0.15, 0.2) is 0 Å². The predicted octanol–water partition coefficient (Wildman–Crippen LogP) is 5.30. The average Bonchev–Trinajstić information content (AvgIpc) is 2.38. The molecule has 0 rings (SSSR count). The summed E-state index contributed by atoms with van der Waals surface area (Å²) in [6.45, 7) is 25.5. The summed E-state index contributed by atoms with van der Waals surface area (Å²) in [4.78, 5) is 0. The van der Waals surface area contributed by atoms with Gasteiger partial charge in [-0.2, -0.15) is 0 Å². The van der Waals surface area contributed by atoms with E-state index in [1.807, 2.05) is 41.5 Å². The van der Waals surface area contributed by atoms with Crippen molar-refractivity contribution in [1.82, 2.24) is 5.32 Å². The first kappa shape index (κ1) is 29.2. The number of rotatable bonds is 3. The van der Waals surface area contributed by atoms with E-state index >= 15 is 0 Å².